The van der Waals surface area contributed by atoms with Crippen molar-refractivity contribution in [3.63, 3.8) is 0 Å². The molecule has 284 valence electrons. The number of rotatable bonds is 9. The van der Waals surface area contributed by atoms with Crippen LogP contribution in [0.1, 0.15) is 66.3 Å². The minimum absolute atomic E-state index is 0.302. The number of hydrogen-bond acceptors (Lipinski definition) is 1. The van der Waals surface area contributed by atoms with Crippen LogP contribution in [-0.2, 0) is 0 Å². The smallest absolute Gasteiger partial charge is 0.144 e. The summed E-state index contributed by atoms with van der Waals surface area (Å²) >= 11 is 0. The highest BCUT2D eigenvalue weighted by molar-refractivity contribution is 6.10. The third-order valence-corrected chi connectivity index (χ3v) is 12.5. The Morgan fingerprint density at radius 1 is 0.534 bits per heavy atom. The van der Waals surface area contributed by atoms with E-state index in [0.29, 0.717) is 11.8 Å². The quantitative estimate of drug-likeness (QED) is 0.144. The summed E-state index contributed by atoms with van der Waals surface area (Å²) < 4.78 is 7.19. The van der Waals surface area contributed by atoms with Crippen molar-refractivity contribution in [3.05, 3.63) is 192 Å². The molecule has 58 heavy (non-hydrogen) atoms. The average Bonchev–Trinajstić information content (AvgIpc) is 3.95. The molecule has 3 heterocycles. The van der Waals surface area contributed by atoms with Gasteiger partial charge >= 0.3 is 0 Å². The minimum atomic E-state index is 0.302. The lowest BCUT2D eigenvalue weighted by molar-refractivity contribution is 0.544. The van der Waals surface area contributed by atoms with Crippen LogP contribution in [0.25, 0.3) is 72.1 Å². The van der Waals surface area contributed by atoms with Gasteiger partial charge in [0, 0.05) is 50.9 Å². The van der Waals surface area contributed by atoms with Crippen molar-refractivity contribution in [3.8, 4) is 28.5 Å². The summed E-state index contributed by atoms with van der Waals surface area (Å²) in [6.45, 7) is 11.3. The van der Waals surface area contributed by atoms with Gasteiger partial charge in [-0.2, -0.15) is 0 Å². The molecule has 4 heteroatoms. The van der Waals surface area contributed by atoms with Crippen molar-refractivity contribution in [1.29, 1.82) is 0 Å². The molecule has 0 N–H and O–H groups in total. The van der Waals surface area contributed by atoms with Gasteiger partial charge in [0.15, 0.2) is 0 Å². The maximum Gasteiger partial charge on any atom is 0.144 e. The largest absolute Gasteiger partial charge is 0.309 e. The predicted molar refractivity (Wildman–Crippen MR) is 244 cm³/mol. The number of nitrogens with zero attached hydrogens (tertiary/aromatic N) is 4. The molecule has 0 bridgehead atoms. The monoisotopic (exact) mass is 752 g/mol. The highest BCUT2D eigenvalue weighted by Gasteiger charge is 2.21. The molecule has 3 aromatic heterocycles. The second kappa shape index (κ2) is 14.4. The number of para-hydroxylation sites is 4. The van der Waals surface area contributed by atoms with Crippen LogP contribution in [0.2, 0.25) is 0 Å². The SMILES string of the molecule is CCC(CC(C)c1cc(-n2c3ccccc3c3ccccc32)cc(-n2c3ccccc3c3ccccc32)c1)c1ccc(-c2nccn2-c2c(C)cc(C)cc2C)cc1. The van der Waals surface area contributed by atoms with Crippen LogP contribution in [0, 0.1) is 20.8 Å². The second-order valence-corrected chi connectivity index (χ2v) is 16.3. The van der Waals surface area contributed by atoms with Crippen LogP contribution in [0.4, 0.5) is 0 Å². The van der Waals surface area contributed by atoms with E-state index in [2.05, 4.69) is 206 Å². The molecule has 10 rings (SSSR count). The molecule has 7 aromatic carbocycles. The summed E-state index contributed by atoms with van der Waals surface area (Å²) in [6.07, 6.45) is 6.10. The van der Waals surface area contributed by atoms with Crippen LogP contribution in [-0.4, -0.2) is 18.7 Å². The molecule has 0 saturated heterocycles. The predicted octanol–water partition coefficient (Wildman–Crippen LogP) is 14.3. The lowest BCUT2D eigenvalue weighted by atomic mass is 9.84. The number of imidazole rings is 1. The van der Waals surface area contributed by atoms with Gasteiger partial charge in [0.05, 0.1) is 27.8 Å². The number of aryl methyl sites for hydroxylation is 3. The van der Waals surface area contributed by atoms with Crippen molar-refractivity contribution in [1.82, 2.24) is 18.7 Å². The first kappa shape index (κ1) is 35.7. The van der Waals surface area contributed by atoms with Crippen molar-refractivity contribution in [2.75, 3.05) is 0 Å². The maximum absolute atomic E-state index is 4.84. The fourth-order valence-corrected chi connectivity index (χ4v) is 9.82. The molecule has 0 fully saturated rings. The zero-order valence-corrected chi connectivity index (χ0v) is 33.9. The van der Waals surface area contributed by atoms with E-state index >= 15 is 0 Å². The summed E-state index contributed by atoms with van der Waals surface area (Å²) in [5.41, 5.74) is 16.1. The maximum atomic E-state index is 4.84. The van der Waals surface area contributed by atoms with Gasteiger partial charge in [0.2, 0.25) is 0 Å². The topological polar surface area (TPSA) is 27.7 Å². The zero-order chi connectivity index (χ0) is 39.5. The third-order valence-electron chi connectivity index (χ3n) is 12.5. The molecule has 0 saturated carbocycles. The third kappa shape index (κ3) is 5.94. The fourth-order valence-electron chi connectivity index (χ4n) is 9.82. The summed E-state index contributed by atoms with van der Waals surface area (Å²) in [6, 6.07) is 56.3. The fraction of sp³-hybridized carbons (Fsp3) is 0.167. The Balaban J connectivity index is 1.06. The number of fused-ring (bicyclic) bond motifs is 6. The first-order chi connectivity index (χ1) is 28.4. The normalized spacial score (nSPS) is 12.9. The molecule has 0 aliphatic rings. The summed E-state index contributed by atoms with van der Waals surface area (Å²) in [4.78, 5) is 4.84. The minimum Gasteiger partial charge on any atom is -0.309 e. The van der Waals surface area contributed by atoms with E-state index in [1.165, 1.54) is 88.5 Å². The zero-order valence-electron chi connectivity index (χ0n) is 33.9. The number of hydrogen-bond donors (Lipinski definition) is 0. The van der Waals surface area contributed by atoms with E-state index < -0.39 is 0 Å². The highest BCUT2D eigenvalue weighted by Crippen LogP contribution is 2.39. The molecule has 0 aliphatic carbocycles. The van der Waals surface area contributed by atoms with Crippen molar-refractivity contribution in [2.45, 2.75) is 59.3 Å². The summed E-state index contributed by atoms with van der Waals surface area (Å²) in [7, 11) is 0. The van der Waals surface area contributed by atoms with E-state index in [1.54, 1.807) is 0 Å². The van der Waals surface area contributed by atoms with Crippen LogP contribution < -0.4 is 0 Å². The summed E-state index contributed by atoms with van der Waals surface area (Å²) in [5.74, 6) is 1.68. The Hall–Kier alpha value is -6.65. The molecule has 10 aromatic rings. The molecular weight excluding hydrogens is 705 g/mol. The first-order valence-corrected chi connectivity index (χ1v) is 20.7. The van der Waals surface area contributed by atoms with Gasteiger partial charge in [-0.3, -0.25) is 4.57 Å². The van der Waals surface area contributed by atoms with Crippen LogP contribution in [0.5, 0.6) is 0 Å². The molecular formula is C54H48N4. The van der Waals surface area contributed by atoms with E-state index in [-0.39, 0.29) is 0 Å². The van der Waals surface area contributed by atoms with E-state index in [9.17, 15) is 0 Å². The summed E-state index contributed by atoms with van der Waals surface area (Å²) in [5, 5.41) is 5.10. The number of benzene rings is 7. The van der Waals surface area contributed by atoms with Crippen LogP contribution >= 0.6 is 0 Å². The standard InChI is InChI=1S/C54H48N4/c1-6-39(40-23-25-41(26-24-40)54-55-27-28-56(54)53-37(4)29-35(2)30-38(53)5)31-36(3)42-32-43(57-49-19-11-7-15-45(49)46-16-8-12-20-50(46)57)34-44(33-42)58-51-21-13-9-17-47(51)48-18-10-14-22-52(48)58/h7-30,32-34,36,39H,6,31H2,1-5H3. The molecule has 4 nitrogen and oxygen atoms in total. The lowest BCUT2D eigenvalue weighted by Gasteiger charge is -2.23. The molecule has 0 radical (unpaired) electrons. The first-order valence-electron chi connectivity index (χ1n) is 20.7. The molecule has 2 unspecified atom stereocenters. The Labute approximate surface area is 340 Å². The van der Waals surface area contributed by atoms with Crippen molar-refractivity contribution < 1.29 is 0 Å². The molecule has 0 amide bonds. The van der Waals surface area contributed by atoms with Gasteiger partial charge in [-0.15, -0.1) is 0 Å². The molecule has 0 spiro atoms. The average molecular weight is 753 g/mol. The van der Waals surface area contributed by atoms with Gasteiger partial charge in [0.25, 0.3) is 0 Å². The lowest BCUT2D eigenvalue weighted by Crippen LogP contribution is -2.07. The second-order valence-electron chi connectivity index (χ2n) is 16.3. The van der Waals surface area contributed by atoms with E-state index in [0.717, 1.165) is 24.2 Å². The molecule has 2 atom stereocenters. The Bertz CT molecular complexity index is 2870. The van der Waals surface area contributed by atoms with Crippen molar-refractivity contribution in [2.24, 2.45) is 0 Å². The van der Waals surface area contributed by atoms with Crippen molar-refractivity contribution >= 4 is 43.6 Å². The Morgan fingerprint density at radius 3 is 1.47 bits per heavy atom. The van der Waals surface area contributed by atoms with Gasteiger partial charge in [0.1, 0.15) is 5.82 Å². The Morgan fingerprint density at radius 2 is 1.00 bits per heavy atom. The van der Waals surface area contributed by atoms with Gasteiger partial charge in [-0.25, -0.2) is 4.98 Å². The van der Waals surface area contributed by atoms with Crippen LogP contribution in [0.3, 0.4) is 0 Å². The van der Waals surface area contributed by atoms with Crippen LogP contribution in [0.15, 0.2) is 164 Å². The van der Waals surface area contributed by atoms with Gasteiger partial charge in [-0.05, 0) is 110 Å². The van der Waals surface area contributed by atoms with E-state index in [1.807, 2.05) is 6.20 Å². The van der Waals surface area contributed by atoms with Gasteiger partial charge < -0.3 is 9.13 Å². The highest BCUT2D eigenvalue weighted by atomic mass is 15.1. The number of aromatic nitrogens is 4. The Kier molecular flexibility index (Phi) is 8.86. The van der Waals surface area contributed by atoms with Gasteiger partial charge in [-0.1, -0.05) is 129 Å². The van der Waals surface area contributed by atoms with E-state index in [4.69, 9.17) is 4.98 Å². The molecule has 0 aliphatic heterocycles.